The number of nitrogens with one attached hydrogen (secondary N) is 2. The van der Waals surface area contributed by atoms with Crippen LogP contribution in [0.4, 0.5) is 5.69 Å². The molecule has 1 heterocycles. The highest BCUT2D eigenvalue weighted by Gasteiger charge is 2.07. The molecule has 0 radical (unpaired) electrons. The van der Waals surface area contributed by atoms with Gasteiger partial charge in [-0.25, -0.2) is 4.79 Å². The first-order valence-corrected chi connectivity index (χ1v) is 5.23. The summed E-state index contributed by atoms with van der Waals surface area (Å²) in [6.45, 7) is 1.76. The quantitative estimate of drug-likeness (QED) is 0.781. The van der Waals surface area contributed by atoms with E-state index in [-0.39, 0.29) is 30.8 Å². The molecule has 1 aromatic carbocycles. The van der Waals surface area contributed by atoms with E-state index in [9.17, 15) is 9.59 Å². The Balaban J connectivity index is 0.00000162. The summed E-state index contributed by atoms with van der Waals surface area (Å²) in [5, 5.41) is 2.69. The predicted molar refractivity (Wildman–Crippen MR) is 71.0 cm³/mol. The molecule has 0 bridgehead atoms. The van der Waals surface area contributed by atoms with Crippen LogP contribution in [0.1, 0.15) is 13.3 Å². The van der Waals surface area contributed by atoms with Crippen molar-refractivity contribution in [1.82, 2.24) is 4.98 Å². The van der Waals surface area contributed by atoms with Crippen molar-refractivity contribution in [2.24, 2.45) is 5.73 Å². The Morgan fingerprint density at radius 2 is 2.28 bits per heavy atom. The van der Waals surface area contributed by atoms with Gasteiger partial charge in [-0.1, -0.05) is 0 Å². The molecule has 0 saturated carbocycles. The van der Waals surface area contributed by atoms with E-state index in [1.165, 1.54) is 0 Å². The Labute approximate surface area is 109 Å². The van der Waals surface area contributed by atoms with E-state index in [1.807, 2.05) is 0 Å². The minimum Gasteiger partial charge on any atom is -0.408 e. The van der Waals surface area contributed by atoms with Crippen molar-refractivity contribution in [3.8, 4) is 0 Å². The van der Waals surface area contributed by atoms with Crippen molar-refractivity contribution >= 4 is 35.1 Å². The number of carbonyl (C=O) groups excluding carboxylic acids is 1. The summed E-state index contributed by atoms with van der Waals surface area (Å²) in [5.41, 5.74) is 7.12. The molecule has 2 rings (SSSR count). The molecule has 1 amide bonds. The van der Waals surface area contributed by atoms with Crippen LogP contribution in [-0.2, 0) is 4.79 Å². The molecule has 6 nitrogen and oxygen atoms in total. The Morgan fingerprint density at radius 3 is 2.94 bits per heavy atom. The van der Waals surface area contributed by atoms with Gasteiger partial charge in [-0.05, 0) is 25.1 Å². The van der Waals surface area contributed by atoms with E-state index in [2.05, 4.69) is 10.3 Å². The zero-order chi connectivity index (χ0) is 12.4. The summed E-state index contributed by atoms with van der Waals surface area (Å²) in [4.78, 5) is 24.9. The van der Waals surface area contributed by atoms with Crippen molar-refractivity contribution < 1.29 is 9.21 Å². The lowest BCUT2D eigenvalue weighted by Crippen LogP contribution is -2.23. The van der Waals surface area contributed by atoms with Crippen LogP contribution in [-0.4, -0.2) is 16.9 Å². The van der Waals surface area contributed by atoms with Gasteiger partial charge in [0.15, 0.2) is 5.58 Å². The zero-order valence-electron chi connectivity index (χ0n) is 9.73. The first kappa shape index (κ1) is 14.3. The highest BCUT2D eigenvalue weighted by Crippen LogP contribution is 2.16. The number of amides is 1. The molecule has 0 aliphatic carbocycles. The van der Waals surface area contributed by atoms with E-state index < -0.39 is 5.76 Å². The number of oxazole rings is 1. The number of halogens is 1. The van der Waals surface area contributed by atoms with Crippen molar-refractivity contribution in [1.29, 1.82) is 0 Å². The molecular weight excluding hydrogens is 258 g/mol. The number of rotatable bonds is 3. The van der Waals surface area contributed by atoms with E-state index in [0.29, 0.717) is 16.8 Å². The average molecular weight is 272 g/mol. The summed E-state index contributed by atoms with van der Waals surface area (Å²) in [6, 6.07) is 4.74. The standard InChI is InChI=1S/C11H13N3O3.ClH/c1-6(12)4-10(15)13-7-2-3-9-8(5-7)14-11(16)17-9;/h2-3,5-6H,4,12H2,1H3,(H,13,15)(H,14,16);1H. The van der Waals surface area contributed by atoms with Gasteiger partial charge in [-0.15, -0.1) is 12.4 Å². The normalized spacial score (nSPS) is 11.9. The van der Waals surface area contributed by atoms with E-state index >= 15 is 0 Å². The van der Waals surface area contributed by atoms with Gasteiger partial charge in [0.25, 0.3) is 0 Å². The zero-order valence-corrected chi connectivity index (χ0v) is 10.5. The van der Waals surface area contributed by atoms with Gasteiger partial charge in [0.2, 0.25) is 5.91 Å². The maximum absolute atomic E-state index is 11.5. The minimum absolute atomic E-state index is 0. The van der Waals surface area contributed by atoms with Crippen LogP contribution in [0, 0.1) is 0 Å². The molecule has 18 heavy (non-hydrogen) atoms. The second kappa shape index (κ2) is 5.70. The third-order valence-corrected chi connectivity index (χ3v) is 2.21. The van der Waals surface area contributed by atoms with Crippen molar-refractivity contribution in [3.63, 3.8) is 0 Å². The number of nitrogens with two attached hydrogens (primary N) is 1. The average Bonchev–Trinajstić information content (AvgIpc) is 2.55. The molecular formula is C11H14ClN3O3. The predicted octanol–water partition coefficient (Wildman–Crippen LogP) is 1.22. The van der Waals surface area contributed by atoms with E-state index in [4.69, 9.17) is 10.2 Å². The molecule has 7 heteroatoms. The van der Waals surface area contributed by atoms with Crippen LogP contribution >= 0.6 is 12.4 Å². The third kappa shape index (κ3) is 3.35. The third-order valence-electron chi connectivity index (χ3n) is 2.21. The molecule has 1 unspecified atom stereocenters. The van der Waals surface area contributed by atoms with Crippen LogP contribution in [0.3, 0.4) is 0 Å². The highest BCUT2D eigenvalue weighted by molar-refractivity contribution is 5.93. The van der Waals surface area contributed by atoms with Crippen LogP contribution in [0.15, 0.2) is 27.4 Å². The van der Waals surface area contributed by atoms with E-state index in [1.54, 1.807) is 25.1 Å². The molecule has 0 spiro atoms. The fraction of sp³-hybridized carbons (Fsp3) is 0.273. The smallest absolute Gasteiger partial charge is 0.408 e. The maximum Gasteiger partial charge on any atom is 0.417 e. The van der Waals surface area contributed by atoms with Crippen LogP contribution < -0.4 is 16.8 Å². The number of hydrogen-bond acceptors (Lipinski definition) is 4. The number of benzene rings is 1. The molecule has 4 N–H and O–H groups in total. The molecule has 0 saturated heterocycles. The second-order valence-electron chi connectivity index (χ2n) is 3.96. The number of aromatic amines is 1. The van der Waals surface area contributed by atoms with Crippen LogP contribution in [0.2, 0.25) is 0 Å². The molecule has 0 aliphatic rings. The Kier molecular flexibility index (Phi) is 4.52. The maximum atomic E-state index is 11.5. The van der Waals surface area contributed by atoms with Gasteiger partial charge in [0, 0.05) is 18.2 Å². The molecule has 98 valence electrons. The molecule has 1 atom stereocenters. The summed E-state index contributed by atoms with van der Waals surface area (Å²) in [6.07, 6.45) is 0.250. The lowest BCUT2D eigenvalue weighted by Gasteiger charge is -2.06. The van der Waals surface area contributed by atoms with Crippen molar-refractivity contribution in [2.45, 2.75) is 19.4 Å². The van der Waals surface area contributed by atoms with Gasteiger partial charge >= 0.3 is 5.76 Å². The number of fused-ring (bicyclic) bond motifs is 1. The molecule has 2 aromatic rings. The van der Waals surface area contributed by atoms with Gasteiger partial charge < -0.3 is 15.5 Å². The lowest BCUT2D eigenvalue weighted by molar-refractivity contribution is -0.116. The monoisotopic (exact) mass is 271 g/mol. The SMILES string of the molecule is CC(N)CC(=O)Nc1ccc2oc(=O)[nH]c2c1.Cl. The van der Waals surface area contributed by atoms with Crippen LogP contribution in [0.25, 0.3) is 11.1 Å². The second-order valence-corrected chi connectivity index (χ2v) is 3.96. The van der Waals surface area contributed by atoms with Crippen LogP contribution in [0.5, 0.6) is 0 Å². The lowest BCUT2D eigenvalue weighted by atomic mass is 10.2. The first-order valence-electron chi connectivity index (χ1n) is 5.23. The fourth-order valence-electron chi connectivity index (χ4n) is 1.53. The van der Waals surface area contributed by atoms with Gasteiger partial charge in [0.05, 0.1) is 5.52 Å². The summed E-state index contributed by atoms with van der Waals surface area (Å²) >= 11 is 0. The number of H-pyrrole nitrogens is 1. The van der Waals surface area contributed by atoms with Gasteiger partial charge in [0.1, 0.15) is 0 Å². The highest BCUT2D eigenvalue weighted by atomic mass is 35.5. The minimum atomic E-state index is -0.515. The molecule has 0 aliphatic heterocycles. The number of anilines is 1. The van der Waals surface area contributed by atoms with Crippen molar-refractivity contribution in [2.75, 3.05) is 5.32 Å². The fourth-order valence-corrected chi connectivity index (χ4v) is 1.53. The molecule has 1 aromatic heterocycles. The summed E-state index contributed by atoms with van der Waals surface area (Å²) < 4.78 is 4.85. The largest absolute Gasteiger partial charge is 0.417 e. The van der Waals surface area contributed by atoms with E-state index in [0.717, 1.165) is 0 Å². The Bertz CT molecular complexity index is 603. The Hall–Kier alpha value is -1.79. The summed E-state index contributed by atoms with van der Waals surface area (Å²) in [7, 11) is 0. The summed E-state index contributed by atoms with van der Waals surface area (Å²) in [5.74, 6) is -0.677. The molecule has 0 fully saturated rings. The number of aromatic nitrogens is 1. The first-order chi connectivity index (χ1) is 8.04. The van der Waals surface area contributed by atoms with Gasteiger partial charge in [-0.2, -0.15) is 0 Å². The topological polar surface area (TPSA) is 101 Å². The Morgan fingerprint density at radius 1 is 1.56 bits per heavy atom. The van der Waals surface area contributed by atoms with Gasteiger partial charge in [-0.3, -0.25) is 9.78 Å². The number of carbonyl (C=O) groups is 1. The number of hydrogen-bond donors (Lipinski definition) is 3. The van der Waals surface area contributed by atoms with Crippen molar-refractivity contribution in [3.05, 3.63) is 28.7 Å².